The Morgan fingerprint density at radius 1 is 1.25 bits per heavy atom. The smallest absolute Gasteiger partial charge is 0.261 e. The van der Waals surface area contributed by atoms with Crippen LogP contribution in [0.15, 0.2) is 0 Å². The molecule has 16 valence electrons. The molecule has 0 saturated carbocycles. The Hall–Kier alpha value is 1.81. The average molecular weight is 118 g/mol. The molecule has 0 aromatic rings. The maximum absolute atomic E-state index is 7.94. The minimum atomic E-state index is 0. The summed E-state index contributed by atoms with van der Waals surface area (Å²) in [5, 5.41) is 0. The van der Waals surface area contributed by atoms with E-state index in [4.69, 9.17) is 4.57 Å². The van der Waals surface area contributed by atoms with E-state index in [2.05, 4.69) is 9.12 Å². The number of hydrogen-bond donors (Lipinski definition) is 0. The summed E-state index contributed by atoms with van der Waals surface area (Å²) in [5.74, 6) is 0. The van der Waals surface area contributed by atoms with Crippen molar-refractivity contribution in [1.82, 2.24) is 0 Å². The van der Waals surface area contributed by atoms with Gasteiger partial charge in [0.25, 0.3) is 9.12 Å². The molecule has 0 unspecified atom stereocenters. The minimum absolute atomic E-state index is 0. The molecular formula is NaOPTi. The Morgan fingerprint density at radius 2 is 1.25 bits per heavy atom. The van der Waals surface area contributed by atoms with Gasteiger partial charge in [-0.25, -0.2) is 0 Å². The third kappa shape index (κ3) is 9.18. The van der Waals surface area contributed by atoms with Gasteiger partial charge in [0.2, 0.25) is 0 Å². The van der Waals surface area contributed by atoms with Gasteiger partial charge < -0.3 is 0 Å². The van der Waals surface area contributed by atoms with Crippen LogP contribution < -0.4 is 0 Å². The predicted octanol–water partition coefficient (Wildman–Crippen LogP) is 0.359. The molecule has 0 fully saturated rings. The summed E-state index contributed by atoms with van der Waals surface area (Å²) in [6.45, 7) is 0. The van der Waals surface area contributed by atoms with Crippen molar-refractivity contribution >= 4 is 38.7 Å². The molecule has 4 heavy (non-hydrogen) atoms. The van der Waals surface area contributed by atoms with Crippen molar-refractivity contribution in [2.75, 3.05) is 0 Å². The molecule has 0 bridgehead atoms. The molecule has 0 spiro atoms. The second-order valence-electron chi connectivity index (χ2n) is 0. The van der Waals surface area contributed by atoms with Gasteiger partial charge in [-0.2, -0.15) is 0 Å². The van der Waals surface area contributed by atoms with E-state index in [9.17, 15) is 0 Å². The van der Waals surface area contributed by atoms with E-state index < -0.39 is 0 Å². The Balaban J connectivity index is -0.00000000500. The van der Waals surface area contributed by atoms with E-state index in [-0.39, 0.29) is 51.3 Å². The molecule has 0 saturated heterocycles. The maximum atomic E-state index is 7.94. The molecule has 0 aromatic heterocycles. The van der Waals surface area contributed by atoms with Crippen LogP contribution in [-0.2, 0) is 26.3 Å². The van der Waals surface area contributed by atoms with Crippen LogP contribution in [0.2, 0.25) is 0 Å². The van der Waals surface area contributed by atoms with Crippen molar-refractivity contribution in [3.63, 3.8) is 0 Å². The third-order valence-corrected chi connectivity index (χ3v) is 0. The summed E-state index contributed by atoms with van der Waals surface area (Å²) < 4.78 is 7.94. The topological polar surface area (TPSA) is 17.1 Å². The summed E-state index contributed by atoms with van der Waals surface area (Å²) in [4.78, 5) is 0. The molecular weight excluding hydrogens is 118 g/mol. The zero-order chi connectivity index (χ0) is 2.00. The van der Waals surface area contributed by atoms with E-state index in [1.54, 1.807) is 0 Å². The largest absolute Gasteiger partial charge is 0.261 e. The quantitative estimate of drug-likeness (QED) is 0.331. The summed E-state index contributed by atoms with van der Waals surface area (Å²) >= 11 is 0. The van der Waals surface area contributed by atoms with Crippen LogP contribution in [-0.4, -0.2) is 29.6 Å². The minimum Gasteiger partial charge on any atom is -0.261 e. The fraction of sp³-hybridized carbons (Fsp3) is 0. The summed E-state index contributed by atoms with van der Waals surface area (Å²) in [6.07, 6.45) is 0. The average Bonchev–Trinajstić information content (AvgIpc) is 1.00. The molecule has 4 heteroatoms. The van der Waals surface area contributed by atoms with E-state index >= 15 is 0 Å². The van der Waals surface area contributed by atoms with Gasteiger partial charge in [-0.1, -0.05) is 0 Å². The van der Waals surface area contributed by atoms with Crippen molar-refractivity contribution in [2.45, 2.75) is 0 Å². The first-order valence-corrected chi connectivity index (χ1v) is 0.548. The van der Waals surface area contributed by atoms with Crippen LogP contribution >= 0.6 is 9.12 Å². The van der Waals surface area contributed by atoms with Crippen molar-refractivity contribution in [3.05, 3.63) is 0 Å². The molecule has 0 N–H and O–H groups in total. The van der Waals surface area contributed by atoms with Gasteiger partial charge in [0.05, 0.1) is 0 Å². The van der Waals surface area contributed by atoms with E-state index in [0.717, 1.165) is 0 Å². The van der Waals surface area contributed by atoms with Crippen LogP contribution in [0.25, 0.3) is 0 Å². The molecule has 0 aliphatic heterocycles. The zero-order valence-electron chi connectivity index (χ0n) is 2.36. The van der Waals surface area contributed by atoms with Crippen LogP contribution in [0.1, 0.15) is 0 Å². The molecule has 0 aliphatic rings. The Kier molecular flexibility index (Phi) is 90.5. The van der Waals surface area contributed by atoms with Crippen molar-refractivity contribution in [1.29, 1.82) is 0 Å². The molecule has 0 rings (SSSR count). The normalized spacial score (nSPS) is 1.00. The van der Waals surface area contributed by atoms with Crippen molar-refractivity contribution in [3.8, 4) is 0 Å². The van der Waals surface area contributed by atoms with Crippen LogP contribution in [0.4, 0.5) is 0 Å². The van der Waals surface area contributed by atoms with Gasteiger partial charge in [-0.15, -0.1) is 0 Å². The molecule has 0 amide bonds. The molecule has 0 aliphatic carbocycles. The maximum Gasteiger partial charge on any atom is 0.261 e. The third-order valence-electron chi connectivity index (χ3n) is 0. The molecule has 0 aromatic carbocycles. The van der Waals surface area contributed by atoms with E-state index in [0.29, 0.717) is 0 Å². The SMILES string of the molecule is O=[P].[Na].[Ti]. The molecule has 0 atom stereocenters. The van der Waals surface area contributed by atoms with Gasteiger partial charge in [-0.3, -0.25) is 4.57 Å². The van der Waals surface area contributed by atoms with Crippen LogP contribution in [0.5, 0.6) is 0 Å². The monoisotopic (exact) mass is 118 g/mol. The van der Waals surface area contributed by atoms with E-state index in [1.165, 1.54) is 0 Å². The van der Waals surface area contributed by atoms with Gasteiger partial charge in [0, 0.05) is 51.3 Å². The van der Waals surface area contributed by atoms with Gasteiger partial charge in [0.1, 0.15) is 0 Å². The first-order valence-electron chi connectivity index (χ1n) is 0.183. The fourth-order valence-corrected chi connectivity index (χ4v) is 0. The number of rotatable bonds is 0. The Labute approximate surface area is 64.3 Å². The molecule has 1 nitrogen and oxygen atoms in total. The Morgan fingerprint density at radius 3 is 1.25 bits per heavy atom. The Bertz CT molecular complexity index is 8.00. The standard InChI is InChI=1S/Na.OP.Ti/c;1-2;. The predicted molar refractivity (Wildman–Crippen MR) is 13.4 cm³/mol. The van der Waals surface area contributed by atoms with Crippen LogP contribution in [0.3, 0.4) is 0 Å². The second-order valence-corrected chi connectivity index (χ2v) is 0. The molecule has 0 heterocycles. The zero-order valence-corrected chi connectivity index (χ0v) is 6.81. The van der Waals surface area contributed by atoms with Gasteiger partial charge in [0.15, 0.2) is 0 Å². The van der Waals surface area contributed by atoms with Gasteiger partial charge >= 0.3 is 0 Å². The van der Waals surface area contributed by atoms with Crippen molar-refractivity contribution in [2.24, 2.45) is 0 Å². The van der Waals surface area contributed by atoms with Crippen molar-refractivity contribution < 1.29 is 26.3 Å². The van der Waals surface area contributed by atoms with E-state index in [1.807, 2.05) is 0 Å². The van der Waals surface area contributed by atoms with Gasteiger partial charge in [-0.05, 0) is 0 Å². The second kappa shape index (κ2) is 21.3. The molecule has 2 radical (unpaired) electrons. The first kappa shape index (κ1) is 17.0. The van der Waals surface area contributed by atoms with Crippen LogP contribution in [0, 0.1) is 0 Å². The summed E-state index contributed by atoms with van der Waals surface area (Å²) in [7, 11) is 2.28. The first-order chi connectivity index (χ1) is 1.00. The summed E-state index contributed by atoms with van der Waals surface area (Å²) in [5.41, 5.74) is 0. The summed E-state index contributed by atoms with van der Waals surface area (Å²) in [6, 6.07) is 0. The fourth-order valence-electron chi connectivity index (χ4n) is 0. The number of hydrogen-bond acceptors (Lipinski definition) is 1.